The Hall–Kier alpha value is -0.160. The first-order chi connectivity index (χ1) is 7.86. The molecule has 2 saturated heterocycles. The molecular formula is C12H23NO3. The Balaban J connectivity index is 1.45. The lowest BCUT2D eigenvalue weighted by Crippen LogP contribution is -2.37. The van der Waals surface area contributed by atoms with E-state index in [-0.39, 0.29) is 0 Å². The van der Waals surface area contributed by atoms with Crippen molar-refractivity contribution in [2.24, 2.45) is 0 Å². The number of ether oxygens (including phenoxy) is 3. The molecule has 3 atom stereocenters. The molecule has 0 radical (unpaired) electrons. The molecule has 2 aliphatic rings. The summed E-state index contributed by atoms with van der Waals surface area (Å²) >= 11 is 0. The largest absolute Gasteiger partial charge is 0.377 e. The van der Waals surface area contributed by atoms with Gasteiger partial charge >= 0.3 is 0 Å². The van der Waals surface area contributed by atoms with Gasteiger partial charge in [-0.2, -0.15) is 0 Å². The van der Waals surface area contributed by atoms with Crippen molar-refractivity contribution in [2.45, 2.75) is 44.4 Å². The lowest BCUT2D eigenvalue weighted by molar-refractivity contribution is 0.0172. The van der Waals surface area contributed by atoms with Crippen LogP contribution in [0.1, 0.15) is 26.2 Å². The summed E-state index contributed by atoms with van der Waals surface area (Å²) in [6.45, 7) is 6.34. The molecule has 2 rings (SSSR count). The van der Waals surface area contributed by atoms with Gasteiger partial charge in [0.15, 0.2) is 0 Å². The lowest BCUT2D eigenvalue weighted by atomic mass is 10.1. The molecule has 1 N–H and O–H groups in total. The van der Waals surface area contributed by atoms with Crippen molar-refractivity contribution in [1.29, 1.82) is 0 Å². The summed E-state index contributed by atoms with van der Waals surface area (Å²) in [5.41, 5.74) is 0. The molecule has 0 bridgehead atoms. The summed E-state index contributed by atoms with van der Waals surface area (Å²) < 4.78 is 16.5. The predicted octanol–water partition coefficient (Wildman–Crippen LogP) is 0.949. The zero-order chi connectivity index (χ0) is 11.2. The molecule has 4 nitrogen and oxygen atoms in total. The first-order valence-electron chi connectivity index (χ1n) is 6.40. The second-order valence-corrected chi connectivity index (χ2v) is 4.64. The molecule has 2 fully saturated rings. The second-order valence-electron chi connectivity index (χ2n) is 4.64. The van der Waals surface area contributed by atoms with E-state index in [0.29, 0.717) is 18.2 Å². The van der Waals surface area contributed by atoms with Crippen molar-refractivity contribution >= 4 is 0 Å². The smallest absolute Gasteiger partial charge is 0.0809 e. The van der Waals surface area contributed by atoms with Crippen LogP contribution >= 0.6 is 0 Å². The highest BCUT2D eigenvalue weighted by atomic mass is 16.5. The maximum Gasteiger partial charge on any atom is 0.0809 e. The third-order valence-corrected chi connectivity index (χ3v) is 3.36. The van der Waals surface area contributed by atoms with Gasteiger partial charge in [-0.3, -0.25) is 0 Å². The molecular weight excluding hydrogens is 206 g/mol. The van der Waals surface area contributed by atoms with Crippen LogP contribution in [0.3, 0.4) is 0 Å². The summed E-state index contributed by atoms with van der Waals surface area (Å²) in [6, 6.07) is 0.506. The van der Waals surface area contributed by atoms with E-state index in [9.17, 15) is 0 Å². The van der Waals surface area contributed by atoms with E-state index in [1.165, 1.54) is 6.42 Å². The van der Waals surface area contributed by atoms with Crippen LogP contribution in [-0.2, 0) is 14.2 Å². The molecule has 4 heteroatoms. The highest BCUT2D eigenvalue weighted by molar-refractivity contribution is 4.78. The zero-order valence-corrected chi connectivity index (χ0v) is 10.1. The van der Waals surface area contributed by atoms with Crippen molar-refractivity contribution in [3.63, 3.8) is 0 Å². The second kappa shape index (κ2) is 6.55. The van der Waals surface area contributed by atoms with Gasteiger partial charge in [-0.1, -0.05) is 0 Å². The molecule has 16 heavy (non-hydrogen) atoms. The maximum absolute atomic E-state index is 5.58. The number of hydrogen-bond donors (Lipinski definition) is 1. The monoisotopic (exact) mass is 229 g/mol. The van der Waals surface area contributed by atoms with E-state index < -0.39 is 0 Å². The number of hydrogen-bond acceptors (Lipinski definition) is 4. The van der Waals surface area contributed by atoms with Gasteiger partial charge in [0.05, 0.1) is 25.4 Å². The first kappa shape index (κ1) is 12.3. The SMILES string of the molecule is CC1OCCC1NCCOCC1CCCO1. The zero-order valence-electron chi connectivity index (χ0n) is 10.1. The molecule has 3 unspecified atom stereocenters. The minimum absolute atomic E-state index is 0.341. The van der Waals surface area contributed by atoms with Crippen LogP contribution < -0.4 is 5.32 Å². The van der Waals surface area contributed by atoms with Crippen LogP contribution in [0.4, 0.5) is 0 Å². The molecule has 2 aliphatic heterocycles. The van der Waals surface area contributed by atoms with Crippen molar-refractivity contribution in [3.05, 3.63) is 0 Å². The van der Waals surface area contributed by atoms with Gasteiger partial charge in [-0.05, 0) is 26.2 Å². The third-order valence-electron chi connectivity index (χ3n) is 3.36. The van der Waals surface area contributed by atoms with E-state index in [2.05, 4.69) is 12.2 Å². The minimum Gasteiger partial charge on any atom is -0.377 e. The van der Waals surface area contributed by atoms with E-state index in [0.717, 1.165) is 45.8 Å². The summed E-state index contributed by atoms with van der Waals surface area (Å²) in [5.74, 6) is 0. The lowest BCUT2D eigenvalue weighted by Gasteiger charge is -2.16. The molecule has 2 heterocycles. The Morgan fingerprint density at radius 2 is 2.19 bits per heavy atom. The van der Waals surface area contributed by atoms with Crippen molar-refractivity contribution < 1.29 is 14.2 Å². The van der Waals surface area contributed by atoms with E-state index >= 15 is 0 Å². The minimum atomic E-state index is 0.341. The molecule has 0 saturated carbocycles. The van der Waals surface area contributed by atoms with Crippen LogP contribution in [-0.4, -0.2) is 51.2 Å². The van der Waals surface area contributed by atoms with E-state index in [4.69, 9.17) is 14.2 Å². The van der Waals surface area contributed by atoms with Gasteiger partial charge in [0.1, 0.15) is 0 Å². The highest BCUT2D eigenvalue weighted by Crippen LogP contribution is 2.13. The van der Waals surface area contributed by atoms with Crippen molar-refractivity contribution in [3.8, 4) is 0 Å². The topological polar surface area (TPSA) is 39.7 Å². The molecule has 94 valence electrons. The summed E-state index contributed by atoms with van der Waals surface area (Å²) in [4.78, 5) is 0. The Morgan fingerprint density at radius 1 is 1.25 bits per heavy atom. The van der Waals surface area contributed by atoms with Gasteiger partial charge in [0.25, 0.3) is 0 Å². The molecule has 0 aromatic carbocycles. The van der Waals surface area contributed by atoms with E-state index in [1.807, 2.05) is 0 Å². The van der Waals surface area contributed by atoms with Crippen LogP contribution in [0.2, 0.25) is 0 Å². The van der Waals surface area contributed by atoms with Crippen molar-refractivity contribution in [1.82, 2.24) is 5.32 Å². The summed E-state index contributed by atoms with van der Waals surface area (Å²) in [7, 11) is 0. The molecule has 0 amide bonds. The van der Waals surface area contributed by atoms with Gasteiger partial charge < -0.3 is 19.5 Å². The maximum atomic E-state index is 5.58. The standard InChI is InChI=1S/C12H23NO3/c1-10-12(4-7-15-10)13-5-8-14-9-11-3-2-6-16-11/h10-13H,2-9H2,1H3. The average Bonchev–Trinajstić information content (AvgIpc) is 2.90. The Morgan fingerprint density at radius 3 is 2.88 bits per heavy atom. The Labute approximate surface area is 97.6 Å². The Kier molecular flexibility index (Phi) is 5.03. The van der Waals surface area contributed by atoms with Gasteiger partial charge in [0.2, 0.25) is 0 Å². The summed E-state index contributed by atoms with van der Waals surface area (Å²) in [5, 5.41) is 3.47. The fraction of sp³-hybridized carbons (Fsp3) is 1.00. The molecule has 0 aromatic rings. The van der Waals surface area contributed by atoms with Crippen LogP contribution in [0, 0.1) is 0 Å². The van der Waals surface area contributed by atoms with Crippen LogP contribution in [0.5, 0.6) is 0 Å². The third kappa shape index (κ3) is 3.70. The first-order valence-corrected chi connectivity index (χ1v) is 6.40. The van der Waals surface area contributed by atoms with Crippen molar-refractivity contribution in [2.75, 3.05) is 33.0 Å². The molecule has 0 aliphatic carbocycles. The van der Waals surface area contributed by atoms with Gasteiger partial charge in [-0.15, -0.1) is 0 Å². The quantitative estimate of drug-likeness (QED) is 0.688. The fourth-order valence-corrected chi connectivity index (χ4v) is 2.31. The summed E-state index contributed by atoms with van der Waals surface area (Å²) in [6.07, 6.45) is 4.14. The molecule has 0 spiro atoms. The number of rotatable bonds is 6. The van der Waals surface area contributed by atoms with Crippen LogP contribution in [0.25, 0.3) is 0 Å². The Bertz CT molecular complexity index is 195. The van der Waals surface area contributed by atoms with E-state index in [1.54, 1.807) is 0 Å². The van der Waals surface area contributed by atoms with Gasteiger partial charge in [-0.25, -0.2) is 0 Å². The fourth-order valence-electron chi connectivity index (χ4n) is 2.31. The van der Waals surface area contributed by atoms with Crippen LogP contribution in [0.15, 0.2) is 0 Å². The molecule has 0 aromatic heterocycles. The predicted molar refractivity (Wildman–Crippen MR) is 61.6 cm³/mol. The normalized spacial score (nSPS) is 34.7. The average molecular weight is 229 g/mol. The highest BCUT2D eigenvalue weighted by Gasteiger charge is 2.23. The van der Waals surface area contributed by atoms with Gasteiger partial charge in [0, 0.05) is 25.8 Å². The number of nitrogens with one attached hydrogen (secondary N) is 1.